The van der Waals surface area contributed by atoms with Gasteiger partial charge in [0.05, 0.1) is 14.4 Å². The van der Waals surface area contributed by atoms with Crippen LogP contribution in [0.3, 0.4) is 0 Å². The molecule has 0 bridgehead atoms. The SMILES string of the molecule is CC(=NNC(=O)[C@]1(C)CC1(Br)Br)c1ccc(NC(=O)c2ccccc2C)cc1. The molecule has 0 heterocycles. The van der Waals surface area contributed by atoms with Crippen LogP contribution in [0.1, 0.15) is 41.8 Å². The highest BCUT2D eigenvalue weighted by atomic mass is 79.9. The van der Waals surface area contributed by atoms with Crippen molar-refractivity contribution < 1.29 is 9.59 Å². The summed E-state index contributed by atoms with van der Waals surface area (Å²) in [5.41, 5.74) is 5.94. The van der Waals surface area contributed by atoms with Crippen LogP contribution >= 0.6 is 31.9 Å². The lowest BCUT2D eigenvalue weighted by atomic mass is 10.1. The van der Waals surface area contributed by atoms with Crippen molar-refractivity contribution in [3.63, 3.8) is 0 Å². The second-order valence-electron chi connectivity index (χ2n) is 7.20. The van der Waals surface area contributed by atoms with Crippen LogP contribution in [0, 0.1) is 12.3 Å². The van der Waals surface area contributed by atoms with Crippen molar-refractivity contribution in [3.8, 4) is 0 Å². The first-order valence-electron chi connectivity index (χ1n) is 8.84. The number of alkyl halides is 2. The summed E-state index contributed by atoms with van der Waals surface area (Å²) in [4.78, 5) is 24.7. The topological polar surface area (TPSA) is 70.6 Å². The molecule has 2 amide bonds. The number of anilines is 1. The molecule has 7 heteroatoms. The minimum Gasteiger partial charge on any atom is -0.322 e. The highest BCUT2D eigenvalue weighted by Crippen LogP contribution is 2.66. The van der Waals surface area contributed by atoms with Gasteiger partial charge in [-0.05, 0) is 56.5 Å². The second kappa shape index (κ2) is 7.79. The lowest BCUT2D eigenvalue weighted by molar-refractivity contribution is -0.125. The molecule has 3 rings (SSSR count). The Bertz CT molecular complexity index is 954. The van der Waals surface area contributed by atoms with Crippen molar-refractivity contribution in [2.75, 3.05) is 5.32 Å². The molecule has 0 aliphatic heterocycles. The minimum absolute atomic E-state index is 0.136. The number of nitrogens with one attached hydrogen (secondary N) is 2. The van der Waals surface area contributed by atoms with Gasteiger partial charge in [0.1, 0.15) is 0 Å². The molecule has 0 saturated heterocycles. The molecule has 1 aliphatic rings. The predicted molar refractivity (Wildman–Crippen MR) is 119 cm³/mol. The van der Waals surface area contributed by atoms with E-state index >= 15 is 0 Å². The lowest BCUT2D eigenvalue weighted by Gasteiger charge is -2.11. The van der Waals surface area contributed by atoms with Crippen molar-refractivity contribution in [3.05, 3.63) is 65.2 Å². The molecule has 1 aliphatic carbocycles. The Hall–Kier alpha value is -1.99. The van der Waals surface area contributed by atoms with E-state index < -0.39 is 5.41 Å². The van der Waals surface area contributed by atoms with Gasteiger partial charge in [0.25, 0.3) is 5.91 Å². The summed E-state index contributed by atoms with van der Waals surface area (Å²) in [5.74, 6) is -0.281. The Morgan fingerprint density at radius 2 is 1.68 bits per heavy atom. The summed E-state index contributed by atoms with van der Waals surface area (Å²) >= 11 is 6.97. The summed E-state index contributed by atoms with van der Waals surface area (Å²) in [7, 11) is 0. The Labute approximate surface area is 181 Å². The first-order chi connectivity index (χ1) is 13.1. The van der Waals surface area contributed by atoms with Gasteiger partial charge in [-0.25, -0.2) is 5.43 Å². The molecule has 0 aromatic heterocycles. The summed E-state index contributed by atoms with van der Waals surface area (Å²) < 4.78 is -0.350. The van der Waals surface area contributed by atoms with Crippen molar-refractivity contribution in [1.82, 2.24) is 5.43 Å². The molecule has 0 radical (unpaired) electrons. The fraction of sp³-hybridized carbons (Fsp3) is 0.286. The van der Waals surface area contributed by atoms with Gasteiger partial charge in [-0.1, -0.05) is 62.2 Å². The number of rotatable bonds is 5. The molecule has 5 nitrogen and oxygen atoms in total. The van der Waals surface area contributed by atoms with Crippen LogP contribution in [0.25, 0.3) is 0 Å². The number of benzene rings is 2. The normalized spacial score (nSPS) is 20.4. The van der Waals surface area contributed by atoms with E-state index in [-0.39, 0.29) is 15.0 Å². The summed E-state index contributed by atoms with van der Waals surface area (Å²) in [6.45, 7) is 5.61. The third-order valence-corrected chi connectivity index (χ3v) is 7.35. The van der Waals surface area contributed by atoms with Gasteiger partial charge in [-0.15, -0.1) is 0 Å². The molecule has 2 aromatic rings. The molecule has 0 unspecified atom stereocenters. The molecule has 0 spiro atoms. The number of carbonyl (C=O) groups is 2. The zero-order chi connectivity index (χ0) is 20.5. The molecule has 1 fully saturated rings. The van der Waals surface area contributed by atoms with Crippen molar-refractivity contribution >= 4 is 55.1 Å². The van der Waals surface area contributed by atoms with Crippen LogP contribution in [-0.4, -0.2) is 20.8 Å². The Kier molecular flexibility index (Phi) is 5.77. The first kappa shape index (κ1) is 20.7. The van der Waals surface area contributed by atoms with E-state index in [9.17, 15) is 9.59 Å². The maximum Gasteiger partial charge on any atom is 0.255 e. The van der Waals surface area contributed by atoms with Crippen LogP contribution in [0.5, 0.6) is 0 Å². The van der Waals surface area contributed by atoms with Gasteiger partial charge < -0.3 is 5.32 Å². The standard InChI is InChI=1S/C21H21Br2N3O2/c1-13-6-4-5-7-17(13)18(27)24-16-10-8-15(9-11-16)14(2)25-26-19(28)20(3)12-21(20,22)23/h4-11H,12H2,1-3H3,(H,24,27)(H,26,28)/t20-/m0/s1. The van der Waals surface area contributed by atoms with E-state index in [2.05, 4.69) is 47.7 Å². The van der Waals surface area contributed by atoms with Gasteiger partial charge in [-0.2, -0.15) is 5.10 Å². The summed E-state index contributed by atoms with van der Waals surface area (Å²) in [5, 5.41) is 7.10. The maximum atomic E-state index is 12.4. The van der Waals surface area contributed by atoms with Crippen molar-refractivity contribution in [2.45, 2.75) is 30.4 Å². The van der Waals surface area contributed by atoms with Gasteiger partial charge in [-0.3, -0.25) is 9.59 Å². The molecule has 2 aromatic carbocycles. The highest BCUT2D eigenvalue weighted by molar-refractivity contribution is 9.25. The number of hydrogen-bond donors (Lipinski definition) is 2. The Morgan fingerprint density at radius 1 is 1.07 bits per heavy atom. The van der Waals surface area contributed by atoms with Crippen molar-refractivity contribution in [1.29, 1.82) is 0 Å². The number of carbonyl (C=O) groups excluding carboxylic acids is 2. The second-order valence-corrected chi connectivity index (χ2v) is 11.0. The third-order valence-electron chi connectivity index (χ3n) is 5.03. The number of aryl methyl sites for hydroxylation is 1. The third kappa shape index (κ3) is 4.20. The zero-order valence-corrected chi connectivity index (χ0v) is 19.0. The monoisotopic (exact) mass is 505 g/mol. The van der Waals surface area contributed by atoms with Gasteiger partial charge in [0.15, 0.2) is 0 Å². The van der Waals surface area contributed by atoms with Gasteiger partial charge in [0.2, 0.25) is 5.91 Å². The highest BCUT2D eigenvalue weighted by Gasteiger charge is 2.66. The van der Waals surface area contributed by atoms with Crippen LogP contribution in [-0.2, 0) is 4.79 Å². The fourth-order valence-corrected chi connectivity index (χ4v) is 4.27. The van der Waals surface area contributed by atoms with Crippen LogP contribution in [0.4, 0.5) is 5.69 Å². The predicted octanol–water partition coefficient (Wildman–Crippen LogP) is 4.98. The summed E-state index contributed by atoms with van der Waals surface area (Å²) in [6, 6.07) is 14.8. The number of hydrogen-bond acceptors (Lipinski definition) is 3. The van der Waals surface area contributed by atoms with Gasteiger partial charge in [0, 0.05) is 11.3 Å². The number of hydrazone groups is 1. The molecule has 28 heavy (non-hydrogen) atoms. The average Bonchev–Trinajstić information content (AvgIpc) is 3.19. The van der Waals surface area contributed by atoms with E-state index in [1.54, 1.807) is 6.07 Å². The largest absolute Gasteiger partial charge is 0.322 e. The zero-order valence-electron chi connectivity index (χ0n) is 15.8. The number of halogens is 2. The Morgan fingerprint density at radius 3 is 2.25 bits per heavy atom. The van der Waals surface area contributed by atoms with Crippen LogP contribution < -0.4 is 10.7 Å². The van der Waals surface area contributed by atoms with E-state index in [0.717, 1.165) is 11.1 Å². The average molecular weight is 507 g/mol. The van der Waals surface area contributed by atoms with Crippen LogP contribution in [0.2, 0.25) is 0 Å². The number of amides is 2. The molecule has 2 N–H and O–H groups in total. The summed E-state index contributed by atoms with van der Waals surface area (Å²) in [6.07, 6.45) is 0.704. The van der Waals surface area contributed by atoms with E-state index in [4.69, 9.17) is 0 Å². The minimum atomic E-state index is -0.513. The van der Waals surface area contributed by atoms with E-state index in [1.807, 2.05) is 63.2 Å². The quantitative estimate of drug-likeness (QED) is 0.341. The van der Waals surface area contributed by atoms with Gasteiger partial charge >= 0.3 is 0 Å². The number of nitrogens with zero attached hydrogens (tertiary/aromatic N) is 1. The Balaban J connectivity index is 1.63. The van der Waals surface area contributed by atoms with E-state index in [0.29, 0.717) is 23.4 Å². The first-order valence-corrected chi connectivity index (χ1v) is 10.4. The fourth-order valence-electron chi connectivity index (χ4n) is 2.79. The molecule has 1 atom stereocenters. The lowest BCUT2D eigenvalue weighted by Crippen LogP contribution is -2.30. The molecular weight excluding hydrogens is 486 g/mol. The molecular formula is C21H21Br2N3O2. The smallest absolute Gasteiger partial charge is 0.255 e. The molecule has 1 saturated carbocycles. The molecule has 146 valence electrons. The van der Waals surface area contributed by atoms with Crippen molar-refractivity contribution in [2.24, 2.45) is 10.5 Å². The van der Waals surface area contributed by atoms with Crippen LogP contribution in [0.15, 0.2) is 53.6 Å². The maximum absolute atomic E-state index is 12.4. The van der Waals surface area contributed by atoms with E-state index in [1.165, 1.54) is 0 Å².